The van der Waals surface area contributed by atoms with Gasteiger partial charge in [0.2, 0.25) is 5.43 Å². The average Bonchev–Trinajstić information content (AvgIpc) is 3.07. The van der Waals surface area contributed by atoms with Crippen molar-refractivity contribution in [3.05, 3.63) is 92.9 Å². The van der Waals surface area contributed by atoms with Crippen LogP contribution in [0.2, 0.25) is 0 Å². The normalized spacial score (nSPS) is 16.8. The Morgan fingerprint density at radius 2 is 2.03 bits per heavy atom. The molecule has 5 rings (SSSR count). The molecular weight excluding hydrogens is 531 g/mol. The third kappa shape index (κ3) is 4.98. The summed E-state index contributed by atoms with van der Waals surface area (Å²) in [6.45, 7) is 0.921. The van der Waals surface area contributed by atoms with Gasteiger partial charge in [-0.3, -0.25) is 14.3 Å². The summed E-state index contributed by atoms with van der Waals surface area (Å²) in [7, 11) is 0. The molecular formula is C28H26F3N3O4S. The van der Waals surface area contributed by atoms with Gasteiger partial charge in [-0.05, 0) is 36.6 Å². The number of aromatic nitrogens is 1. The van der Waals surface area contributed by atoms with Crippen LogP contribution in [0.3, 0.4) is 0 Å². The summed E-state index contributed by atoms with van der Waals surface area (Å²) >= 11 is 1.64. The average molecular weight is 558 g/mol. The summed E-state index contributed by atoms with van der Waals surface area (Å²) in [4.78, 5) is 27.1. The number of carbonyl (C=O) groups is 1. The van der Waals surface area contributed by atoms with E-state index in [2.05, 4.69) is 0 Å². The van der Waals surface area contributed by atoms with E-state index in [1.807, 2.05) is 48.6 Å². The lowest BCUT2D eigenvalue weighted by atomic mass is 9.83. The predicted molar refractivity (Wildman–Crippen MR) is 143 cm³/mol. The van der Waals surface area contributed by atoms with Crippen LogP contribution >= 0.6 is 11.8 Å². The van der Waals surface area contributed by atoms with Crippen molar-refractivity contribution in [1.29, 1.82) is 0 Å². The Kier molecular flexibility index (Phi) is 7.11. The van der Waals surface area contributed by atoms with E-state index in [0.29, 0.717) is 27.7 Å². The summed E-state index contributed by atoms with van der Waals surface area (Å²) in [5.41, 5.74) is 2.08. The fourth-order valence-electron chi connectivity index (χ4n) is 5.08. The van der Waals surface area contributed by atoms with Gasteiger partial charge < -0.3 is 20.6 Å². The maximum atomic E-state index is 14.0. The number of aromatic hydroxyl groups is 1. The number of hydrogen-bond acceptors (Lipinski definition) is 6. The Morgan fingerprint density at radius 3 is 2.79 bits per heavy atom. The molecule has 7 nitrogen and oxygen atoms in total. The number of pyridine rings is 1. The topological polar surface area (TPSA) is 97.8 Å². The van der Waals surface area contributed by atoms with Gasteiger partial charge in [0, 0.05) is 46.5 Å². The zero-order chi connectivity index (χ0) is 27.9. The molecule has 0 fully saturated rings. The maximum absolute atomic E-state index is 14.0. The fourth-order valence-corrected chi connectivity index (χ4v) is 6.19. The predicted octanol–water partition coefficient (Wildman–Crippen LogP) is 4.89. The van der Waals surface area contributed by atoms with Crippen LogP contribution in [-0.2, 0) is 5.75 Å². The number of benzene rings is 2. The van der Waals surface area contributed by atoms with Crippen LogP contribution in [0, 0.1) is 0 Å². The van der Waals surface area contributed by atoms with Crippen molar-refractivity contribution < 1.29 is 27.8 Å². The number of rotatable bonds is 5. The largest absolute Gasteiger partial charge is 0.502 e. The van der Waals surface area contributed by atoms with E-state index in [-0.39, 0.29) is 18.9 Å². The lowest BCUT2D eigenvalue weighted by Crippen LogP contribution is -2.49. The first-order valence-electron chi connectivity index (χ1n) is 12.3. The standard InChI is InChI=1S/C28H26F3N3O4S/c1-16(28(29,30)31)33(27(37)24-25(36)21(35)11-13-34(24)32)12-10-20-19-6-2-3-7-22(19)39-15-18-9-8-17-5-4-14-38-26(17)23(18)20/h2-9,11,13,16,20,36H,10,12,14-15,32H2,1H3/t16-,20-/m1/s1. The number of nitrogens with two attached hydrogens (primary N) is 1. The lowest BCUT2D eigenvalue weighted by molar-refractivity contribution is -0.172. The number of nitrogen functional groups attached to an aromatic ring is 1. The number of nitrogens with zero attached hydrogens (tertiary/aromatic N) is 2. The minimum Gasteiger partial charge on any atom is -0.502 e. The van der Waals surface area contributed by atoms with Crippen molar-refractivity contribution >= 4 is 23.7 Å². The number of alkyl halides is 3. The molecule has 0 spiro atoms. The van der Waals surface area contributed by atoms with Crippen molar-refractivity contribution in [3.8, 4) is 11.5 Å². The third-order valence-electron chi connectivity index (χ3n) is 7.13. The molecule has 2 aromatic carbocycles. The molecule has 2 aliphatic heterocycles. The summed E-state index contributed by atoms with van der Waals surface area (Å²) in [6.07, 6.45) is 0.246. The SMILES string of the molecule is C[C@@H](N(CC[C@@H]1c2ccccc2SCc2ccc3c(c21)OCC=C3)C(=O)c1c(O)c(=O)ccn1N)C(F)(F)F. The maximum Gasteiger partial charge on any atom is 0.408 e. The van der Waals surface area contributed by atoms with Gasteiger partial charge in [0.05, 0.1) is 0 Å². The Labute approximate surface area is 226 Å². The number of fused-ring (bicyclic) bond motifs is 4. The molecule has 0 unspecified atom stereocenters. The minimum atomic E-state index is -4.76. The molecule has 3 aromatic rings. The number of hydrogen-bond donors (Lipinski definition) is 2. The molecule has 3 N–H and O–H groups in total. The minimum absolute atomic E-state index is 0.128. The van der Waals surface area contributed by atoms with E-state index < -0.39 is 35.0 Å². The van der Waals surface area contributed by atoms with E-state index in [1.54, 1.807) is 11.8 Å². The summed E-state index contributed by atoms with van der Waals surface area (Å²) in [6, 6.07) is 10.4. The van der Waals surface area contributed by atoms with E-state index in [1.165, 1.54) is 0 Å². The molecule has 204 valence electrons. The van der Waals surface area contributed by atoms with Gasteiger partial charge in [-0.15, -0.1) is 11.8 Å². The monoisotopic (exact) mass is 557 g/mol. The first kappa shape index (κ1) is 26.7. The Morgan fingerprint density at radius 1 is 1.26 bits per heavy atom. The van der Waals surface area contributed by atoms with E-state index in [0.717, 1.165) is 46.3 Å². The molecule has 0 saturated heterocycles. The van der Waals surface area contributed by atoms with Crippen LogP contribution in [0.5, 0.6) is 11.5 Å². The first-order chi connectivity index (χ1) is 18.6. The molecule has 0 aliphatic carbocycles. The zero-order valence-electron chi connectivity index (χ0n) is 20.9. The van der Waals surface area contributed by atoms with Gasteiger partial charge in [-0.1, -0.05) is 36.4 Å². The lowest BCUT2D eigenvalue weighted by Gasteiger charge is -2.33. The molecule has 3 heterocycles. The van der Waals surface area contributed by atoms with Crippen molar-refractivity contribution in [2.75, 3.05) is 19.0 Å². The second-order valence-electron chi connectivity index (χ2n) is 9.44. The summed E-state index contributed by atoms with van der Waals surface area (Å²) in [5, 5.41) is 10.3. The van der Waals surface area contributed by atoms with Crippen LogP contribution in [0.25, 0.3) is 6.08 Å². The molecule has 11 heteroatoms. The van der Waals surface area contributed by atoms with E-state index in [9.17, 15) is 27.9 Å². The molecule has 2 aliphatic rings. The Hall–Kier alpha value is -3.86. The van der Waals surface area contributed by atoms with Crippen molar-refractivity contribution in [1.82, 2.24) is 9.58 Å². The molecule has 1 amide bonds. The first-order valence-corrected chi connectivity index (χ1v) is 13.3. The van der Waals surface area contributed by atoms with Gasteiger partial charge in [0.1, 0.15) is 18.4 Å². The van der Waals surface area contributed by atoms with Gasteiger partial charge in [0.15, 0.2) is 11.4 Å². The third-order valence-corrected chi connectivity index (χ3v) is 8.27. The zero-order valence-corrected chi connectivity index (χ0v) is 21.8. The second kappa shape index (κ2) is 10.4. The highest BCUT2D eigenvalue weighted by Gasteiger charge is 2.44. The van der Waals surface area contributed by atoms with Crippen LogP contribution in [0.15, 0.2) is 64.4 Å². The molecule has 0 bridgehead atoms. The molecule has 2 atom stereocenters. The summed E-state index contributed by atoms with van der Waals surface area (Å²) in [5.74, 6) is 4.54. The van der Waals surface area contributed by atoms with Gasteiger partial charge in [-0.2, -0.15) is 13.2 Å². The highest BCUT2D eigenvalue weighted by atomic mass is 32.2. The molecule has 1 aromatic heterocycles. The number of ether oxygens (including phenoxy) is 1. The quantitative estimate of drug-likeness (QED) is 0.434. The van der Waals surface area contributed by atoms with Crippen molar-refractivity contribution in [2.45, 2.75) is 42.1 Å². The van der Waals surface area contributed by atoms with Crippen LogP contribution in [0.4, 0.5) is 13.2 Å². The Balaban J connectivity index is 1.59. The molecule has 0 saturated carbocycles. The van der Waals surface area contributed by atoms with Crippen LogP contribution in [0.1, 0.15) is 52.0 Å². The highest BCUT2D eigenvalue weighted by Crippen LogP contribution is 2.47. The number of thioether (sulfide) groups is 1. The number of carbonyl (C=O) groups excluding carboxylic acids is 1. The van der Waals surface area contributed by atoms with E-state index in [4.69, 9.17) is 10.6 Å². The number of halogens is 3. The number of amides is 1. The summed E-state index contributed by atoms with van der Waals surface area (Å²) < 4.78 is 48.7. The van der Waals surface area contributed by atoms with Crippen LogP contribution < -0.4 is 16.0 Å². The Bertz CT molecular complexity index is 1520. The van der Waals surface area contributed by atoms with E-state index >= 15 is 0 Å². The van der Waals surface area contributed by atoms with Gasteiger partial charge >= 0.3 is 6.18 Å². The van der Waals surface area contributed by atoms with Crippen molar-refractivity contribution in [3.63, 3.8) is 0 Å². The smallest absolute Gasteiger partial charge is 0.408 e. The fraction of sp³-hybridized carbons (Fsp3) is 0.286. The van der Waals surface area contributed by atoms with Crippen molar-refractivity contribution in [2.24, 2.45) is 0 Å². The van der Waals surface area contributed by atoms with Gasteiger partial charge in [0.25, 0.3) is 5.91 Å². The van der Waals surface area contributed by atoms with Gasteiger partial charge in [-0.25, -0.2) is 0 Å². The second-order valence-corrected chi connectivity index (χ2v) is 10.5. The highest BCUT2D eigenvalue weighted by molar-refractivity contribution is 7.98. The molecule has 0 radical (unpaired) electrons. The van der Waals surface area contributed by atoms with Crippen LogP contribution in [-0.4, -0.2) is 46.0 Å². The molecule has 39 heavy (non-hydrogen) atoms.